The van der Waals surface area contributed by atoms with Gasteiger partial charge in [-0.25, -0.2) is 0 Å². The van der Waals surface area contributed by atoms with Gasteiger partial charge in [-0.1, -0.05) is 15.9 Å². The molecule has 6 heteroatoms. The highest BCUT2D eigenvalue weighted by molar-refractivity contribution is 9.11. The van der Waals surface area contributed by atoms with E-state index in [0.717, 1.165) is 24.7 Å². The maximum atomic E-state index is 10.3. The Hall–Kier alpha value is -0.430. The van der Waals surface area contributed by atoms with Crippen LogP contribution in [0.5, 0.6) is 5.75 Å². The minimum absolute atomic E-state index is 0.263. The van der Waals surface area contributed by atoms with Crippen LogP contribution >= 0.6 is 47.8 Å². The second kappa shape index (κ2) is 5.75. The number of fused-ring (bicyclic) bond motifs is 1. The first-order chi connectivity index (χ1) is 9.54. The zero-order valence-electron chi connectivity index (χ0n) is 10.2. The topological polar surface area (TPSA) is 42.4 Å². The molecule has 1 N–H and O–H groups in total. The molecule has 0 spiro atoms. The predicted molar refractivity (Wildman–Crippen MR) is 86.7 cm³/mol. The summed E-state index contributed by atoms with van der Waals surface area (Å²) in [6, 6.07) is 7.58. The molecule has 2 heterocycles. The van der Waals surface area contributed by atoms with Crippen molar-refractivity contribution in [3.05, 3.63) is 55.1 Å². The lowest BCUT2D eigenvalue weighted by Crippen LogP contribution is -2.20. The van der Waals surface area contributed by atoms with E-state index >= 15 is 0 Å². The van der Waals surface area contributed by atoms with Crippen LogP contribution in [0.15, 0.2) is 43.9 Å². The Kier molecular flexibility index (Phi) is 4.17. The van der Waals surface area contributed by atoms with Gasteiger partial charge in [-0.3, -0.25) is 4.98 Å². The van der Waals surface area contributed by atoms with Crippen molar-refractivity contribution in [2.45, 2.75) is 18.6 Å². The SMILES string of the molecule is O[C@H]1CC(c2ncc(Br)cc2Br)Oc2ccc(Br)cc21. The van der Waals surface area contributed by atoms with Gasteiger partial charge in [-0.2, -0.15) is 0 Å². The van der Waals surface area contributed by atoms with E-state index < -0.39 is 6.10 Å². The Morgan fingerprint density at radius 1 is 1.15 bits per heavy atom. The zero-order chi connectivity index (χ0) is 14.3. The zero-order valence-corrected chi connectivity index (χ0v) is 14.9. The van der Waals surface area contributed by atoms with Crippen LogP contribution in [0.2, 0.25) is 0 Å². The summed E-state index contributed by atoms with van der Waals surface area (Å²) in [6.07, 6.45) is 1.39. The van der Waals surface area contributed by atoms with Crippen molar-refractivity contribution in [1.29, 1.82) is 0 Å². The van der Waals surface area contributed by atoms with Crippen molar-refractivity contribution >= 4 is 47.8 Å². The minimum Gasteiger partial charge on any atom is -0.484 e. The molecule has 1 unspecified atom stereocenters. The first-order valence-electron chi connectivity index (χ1n) is 5.99. The van der Waals surface area contributed by atoms with E-state index in [1.165, 1.54) is 0 Å². The van der Waals surface area contributed by atoms with Gasteiger partial charge < -0.3 is 9.84 Å². The van der Waals surface area contributed by atoms with Gasteiger partial charge in [0.15, 0.2) is 0 Å². The number of nitrogens with zero attached hydrogens (tertiary/aromatic N) is 1. The summed E-state index contributed by atoms with van der Waals surface area (Å²) in [5.74, 6) is 0.702. The van der Waals surface area contributed by atoms with Gasteiger partial charge in [-0.15, -0.1) is 0 Å². The lowest BCUT2D eigenvalue weighted by molar-refractivity contribution is 0.0632. The predicted octanol–water partition coefficient (Wildman–Crippen LogP) is 4.93. The Bertz CT molecular complexity index is 663. The van der Waals surface area contributed by atoms with Crippen molar-refractivity contribution in [3.63, 3.8) is 0 Å². The monoisotopic (exact) mass is 461 g/mol. The lowest BCUT2D eigenvalue weighted by atomic mass is 9.97. The maximum absolute atomic E-state index is 10.3. The van der Waals surface area contributed by atoms with E-state index in [0.29, 0.717) is 12.2 Å². The molecule has 0 fully saturated rings. The third-order valence-electron chi connectivity index (χ3n) is 3.18. The molecule has 104 valence electrons. The van der Waals surface area contributed by atoms with E-state index in [-0.39, 0.29) is 6.10 Å². The molecule has 0 bridgehead atoms. The molecule has 0 amide bonds. The number of aromatic nitrogens is 1. The number of hydrogen-bond donors (Lipinski definition) is 1. The molecule has 0 aliphatic carbocycles. The molecule has 2 aromatic rings. The highest BCUT2D eigenvalue weighted by atomic mass is 79.9. The third kappa shape index (κ3) is 2.79. The quantitative estimate of drug-likeness (QED) is 0.652. The first-order valence-corrected chi connectivity index (χ1v) is 8.37. The van der Waals surface area contributed by atoms with Gasteiger partial charge in [0.2, 0.25) is 0 Å². The fourth-order valence-electron chi connectivity index (χ4n) is 2.25. The normalized spacial score (nSPS) is 21.2. The summed E-state index contributed by atoms with van der Waals surface area (Å²) >= 11 is 10.3. The number of aliphatic hydroxyl groups is 1. The molecule has 1 aliphatic rings. The summed E-state index contributed by atoms with van der Waals surface area (Å²) in [5, 5.41) is 10.3. The summed E-state index contributed by atoms with van der Waals surface area (Å²) in [7, 11) is 0. The largest absolute Gasteiger partial charge is 0.484 e. The Balaban J connectivity index is 1.97. The Morgan fingerprint density at radius 2 is 1.95 bits per heavy atom. The van der Waals surface area contributed by atoms with E-state index in [1.807, 2.05) is 24.3 Å². The van der Waals surface area contributed by atoms with Crippen LogP contribution < -0.4 is 4.74 Å². The smallest absolute Gasteiger partial charge is 0.144 e. The average Bonchev–Trinajstić information content (AvgIpc) is 2.39. The van der Waals surface area contributed by atoms with Crippen LogP contribution in [0.1, 0.15) is 29.9 Å². The van der Waals surface area contributed by atoms with Crippen molar-refractivity contribution < 1.29 is 9.84 Å². The van der Waals surface area contributed by atoms with E-state index in [4.69, 9.17) is 4.74 Å². The average molecular weight is 464 g/mol. The van der Waals surface area contributed by atoms with Crippen LogP contribution in [0.3, 0.4) is 0 Å². The van der Waals surface area contributed by atoms with Crippen molar-refractivity contribution in [2.24, 2.45) is 0 Å². The summed E-state index contributed by atoms with van der Waals surface area (Å²) in [5.41, 5.74) is 1.60. The molecule has 1 aromatic carbocycles. The summed E-state index contributed by atoms with van der Waals surface area (Å²) in [6.45, 7) is 0. The third-order valence-corrected chi connectivity index (χ3v) is 4.74. The fourth-order valence-corrected chi connectivity index (χ4v) is 3.87. The molecule has 3 rings (SSSR count). The molecule has 20 heavy (non-hydrogen) atoms. The van der Waals surface area contributed by atoms with Crippen LogP contribution in [-0.4, -0.2) is 10.1 Å². The highest BCUT2D eigenvalue weighted by Gasteiger charge is 2.30. The molecular formula is C14H10Br3NO2. The van der Waals surface area contributed by atoms with Crippen LogP contribution in [0.25, 0.3) is 0 Å². The van der Waals surface area contributed by atoms with Crippen LogP contribution in [-0.2, 0) is 0 Å². The highest BCUT2D eigenvalue weighted by Crippen LogP contribution is 2.42. The van der Waals surface area contributed by atoms with Gasteiger partial charge in [0.05, 0.1) is 11.8 Å². The Morgan fingerprint density at radius 3 is 2.70 bits per heavy atom. The molecule has 2 atom stereocenters. The van der Waals surface area contributed by atoms with Crippen molar-refractivity contribution in [3.8, 4) is 5.75 Å². The standard InChI is InChI=1S/C14H10Br3NO2/c15-7-1-2-12-9(3-7)11(19)5-13(20-12)14-10(17)4-8(16)6-18-14/h1-4,6,11,13,19H,5H2/t11-,13?/m0/s1. The number of benzene rings is 1. The second-order valence-electron chi connectivity index (χ2n) is 4.56. The number of hydrogen-bond acceptors (Lipinski definition) is 3. The van der Waals surface area contributed by atoms with E-state index in [9.17, 15) is 5.11 Å². The summed E-state index contributed by atoms with van der Waals surface area (Å²) < 4.78 is 8.67. The van der Waals surface area contributed by atoms with Crippen LogP contribution in [0.4, 0.5) is 0 Å². The van der Waals surface area contributed by atoms with Gasteiger partial charge in [0, 0.05) is 31.6 Å². The fraction of sp³-hybridized carbons (Fsp3) is 0.214. The number of aliphatic hydroxyl groups excluding tert-OH is 1. The molecule has 1 aromatic heterocycles. The molecular weight excluding hydrogens is 454 g/mol. The molecule has 3 nitrogen and oxygen atoms in total. The second-order valence-corrected chi connectivity index (χ2v) is 7.25. The van der Waals surface area contributed by atoms with Gasteiger partial charge in [0.25, 0.3) is 0 Å². The Labute approximate surface area is 141 Å². The molecule has 0 saturated carbocycles. The van der Waals surface area contributed by atoms with E-state index in [2.05, 4.69) is 52.8 Å². The number of rotatable bonds is 1. The lowest BCUT2D eigenvalue weighted by Gasteiger charge is -2.29. The molecule has 0 saturated heterocycles. The van der Waals surface area contributed by atoms with E-state index in [1.54, 1.807) is 6.20 Å². The van der Waals surface area contributed by atoms with Gasteiger partial charge in [-0.05, 0) is 56.1 Å². The maximum Gasteiger partial charge on any atom is 0.144 e. The number of pyridine rings is 1. The molecule has 0 radical (unpaired) electrons. The van der Waals surface area contributed by atoms with Crippen molar-refractivity contribution in [2.75, 3.05) is 0 Å². The van der Waals surface area contributed by atoms with Gasteiger partial charge in [0.1, 0.15) is 11.9 Å². The first kappa shape index (κ1) is 14.5. The van der Waals surface area contributed by atoms with Gasteiger partial charge >= 0.3 is 0 Å². The van der Waals surface area contributed by atoms with Crippen LogP contribution in [0, 0.1) is 0 Å². The number of halogens is 3. The molecule has 1 aliphatic heterocycles. The summed E-state index contributed by atoms with van der Waals surface area (Å²) in [4.78, 5) is 4.39. The van der Waals surface area contributed by atoms with Crippen molar-refractivity contribution in [1.82, 2.24) is 4.98 Å². The number of ether oxygens (including phenoxy) is 1. The minimum atomic E-state index is -0.557.